The van der Waals surface area contributed by atoms with E-state index in [1.165, 1.54) is 5.56 Å². The normalized spacial score (nSPS) is 18.8. The predicted octanol–water partition coefficient (Wildman–Crippen LogP) is 3.20. The number of rotatable bonds is 3. The summed E-state index contributed by atoms with van der Waals surface area (Å²) < 4.78 is 0. The summed E-state index contributed by atoms with van der Waals surface area (Å²) in [5.74, 6) is 0.440. The molecular formula is C16H23ClN2O. The molecule has 1 saturated heterocycles. The molecule has 2 rings (SSSR count). The lowest BCUT2D eigenvalue weighted by atomic mass is 9.93. The van der Waals surface area contributed by atoms with Crippen molar-refractivity contribution >= 4 is 17.5 Å². The average Bonchev–Trinajstić information content (AvgIpc) is 2.46. The summed E-state index contributed by atoms with van der Waals surface area (Å²) in [5, 5.41) is 0.825. The number of likely N-dealkylation sites (tertiary alicyclic amines) is 1. The van der Waals surface area contributed by atoms with Crippen molar-refractivity contribution < 1.29 is 4.79 Å². The van der Waals surface area contributed by atoms with Gasteiger partial charge in [0, 0.05) is 31.1 Å². The van der Waals surface area contributed by atoms with Crippen LogP contribution in [-0.2, 0) is 4.79 Å². The highest BCUT2D eigenvalue weighted by molar-refractivity contribution is 6.31. The zero-order chi connectivity index (χ0) is 14.7. The molecule has 0 saturated carbocycles. The number of benzene rings is 1. The van der Waals surface area contributed by atoms with E-state index >= 15 is 0 Å². The Morgan fingerprint density at radius 1 is 1.30 bits per heavy atom. The summed E-state index contributed by atoms with van der Waals surface area (Å²) in [5.41, 5.74) is 1.17. The molecule has 110 valence electrons. The van der Waals surface area contributed by atoms with Crippen LogP contribution in [0.4, 0.5) is 0 Å². The number of carbonyl (C=O) groups is 1. The quantitative estimate of drug-likeness (QED) is 0.855. The van der Waals surface area contributed by atoms with E-state index in [4.69, 9.17) is 11.6 Å². The Labute approximate surface area is 126 Å². The highest BCUT2D eigenvalue weighted by Gasteiger charge is 2.28. The minimum absolute atomic E-state index is 0.180. The van der Waals surface area contributed by atoms with Gasteiger partial charge >= 0.3 is 0 Å². The minimum atomic E-state index is 0.180. The topological polar surface area (TPSA) is 23.6 Å². The number of nitrogens with zero attached hydrogens (tertiary/aromatic N) is 2. The molecule has 3 nitrogen and oxygen atoms in total. The van der Waals surface area contributed by atoms with Gasteiger partial charge in [0.15, 0.2) is 0 Å². The second-order valence-corrected chi connectivity index (χ2v) is 6.15. The molecule has 1 unspecified atom stereocenters. The molecule has 1 amide bonds. The summed E-state index contributed by atoms with van der Waals surface area (Å²) in [7, 11) is 3.67. The number of piperidine rings is 1. The molecule has 0 radical (unpaired) electrons. The zero-order valence-corrected chi connectivity index (χ0v) is 13.2. The molecular weight excluding hydrogens is 272 g/mol. The molecule has 1 fully saturated rings. The fourth-order valence-electron chi connectivity index (χ4n) is 2.91. The molecule has 0 N–H and O–H groups in total. The van der Waals surface area contributed by atoms with Gasteiger partial charge in [-0.05, 0) is 44.5 Å². The van der Waals surface area contributed by atoms with Gasteiger partial charge in [-0.15, -0.1) is 0 Å². The van der Waals surface area contributed by atoms with Gasteiger partial charge in [0.1, 0.15) is 0 Å². The van der Waals surface area contributed by atoms with Crippen LogP contribution >= 0.6 is 11.6 Å². The Morgan fingerprint density at radius 3 is 2.45 bits per heavy atom. The van der Waals surface area contributed by atoms with Gasteiger partial charge in [-0.1, -0.05) is 29.8 Å². The van der Waals surface area contributed by atoms with Crippen molar-refractivity contribution in [3.8, 4) is 0 Å². The summed E-state index contributed by atoms with van der Waals surface area (Å²) in [6, 6.07) is 8.32. The van der Waals surface area contributed by atoms with E-state index < -0.39 is 0 Å². The third-order valence-corrected chi connectivity index (χ3v) is 4.57. The number of hydrogen-bond acceptors (Lipinski definition) is 2. The average molecular weight is 295 g/mol. The van der Waals surface area contributed by atoms with E-state index in [-0.39, 0.29) is 11.8 Å². The number of amides is 1. The van der Waals surface area contributed by atoms with Crippen LogP contribution in [0.25, 0.3) is 0 Å². The smallest absolute Gasteiger partial charge is 0.225 e. The van der Waals surface area contributed by atoms with E-state index in [9.17, 15) is 4.79 Å². The summed E-state index contributed by atoms with van der Waals surface area (Å²) in [4.78, 5) is 16.1. The monoisotopic (exact) mass is 294 g/mol. The first kappa shape index (κ1) is 15.3. The SMILES string of the molecule is CC(c1ccccc1Cl)N1CCC(C(=O)N(C)C)CC1. The second-order valence-electron chi connectivity index (χ2n) is 5.74. The van der Waals surface area contributed by atoms with Crippen LogP contribution in [0, 0.1) is 5.92 Å². The molecule has 1 aliphatic rings. The third kappa shape index (κ3) is 3.33. The molecule has 1 aromatic rings. The molecule has 1 aromatic carbocycles. The van der Waals surface area contributed by atoms with Crippen molar-refractivity contribution in [2.24, 2.45) is 5.92 Å². The van der Waals surface area contributed by atoms with Gasteiger partial charge in [-0.3, -0.25) is 9.69 Å². The molecule has 20 heavy (non-hydrogen) atoms. The first-order valence-electron chi connectivity index (χ1n) is 7.20. The lowest BCUT2D eigenvalue weighted by molar-refractivity contribution is -0.134. The van der Waals surface area contributed by atoms with E-state index in [0.717, 1.165) is 31.0 Å². The first-order chi connectivity index (χ1) is 9.50. The first-order valence-corrected chi connectivity index (χ1v) is 7.58. The molecule has 1 heterocycles. The van der Waals surface area contributed by atoms with Gasteiger partial charge in [0.25, 0.3) is 0 Å². The highest BCUT2D eigenvalue weighted by Crippen LogP contribution is 2.30. The van der Waals surface area contributed by atoms with Crippen LogP contribution in [0.1, 0.15) is 31.4 Å². The van der Waals surface area contributed by atoms with Crippen LogP contribution in [0.15, 0.2) is 24.3 Å². The maximum atomic E-state index is 12.0. The number of carbonyl (C=O) groups excluding carboxylic acids is 1. The zero-order valence-electron chi connectivity index (χ0n) is 12.5. The Kier molecular flexibility index (Phi) is 5.06. The van der Waals surface area contributed by atoms with Crippen molar-refractivity contribution in [1.29, 1.82) is 0 Å². The minimum Gasteiger partial charge on any atom is -0.349 e. The Balaban J connectivity index is 1.97. The fourth-order valence-corrected chi connectivity index (χ4v) is 3.20. The predicted molar refractivity (Wildman–Crippen MR) is 82.9 cm³/mol. The van der Waals surface area contributed by atoms with Crippen LogP contribution < -0.4 is 0 Å². The van der Waals surface area contributed by atoms with E-state index in [0.29, 0.717) is 6.04 Å². The molecule has 4 heteroatoms. The van der Waals surface area contributed by atoms with Crippen molar-refractivity contribution in [1.82, 2.24) is 9.80 Å². The number of hydrogen-bond donors (Lipinski definition) is 0. The Hall–Kier alpha value is -1.06. The Morgan fingerprint density at radius 2 is 1.90 bits per heavy atom. The van der Waals surface area contributed by atoms with Gasteiger partial charge in [-0.2, -0.15) is 0 Å². The molecule has 0 spiro atoms. The van der Waals surface area contributed by atoms with Crippen molar-refractivity contribution in [3.05, 3.63) is 34.9 Å². The summed E-state index contributed by atoms with van der Waals surface area (Å²) in [6.45, 7) is 4.10. The summed E-state index contributed by atoms with van der Waals surface area (Å²) >= 11 is 6.27. The van der Waals surface area contributed by atoms with Gasteiger partial charge in [0.05, 0.1) is 0 Å². The lowest BCUT2D eigenvalue weighted by Crippen LogP contribution is -2.41. The number of halogens is 1. The molecule has 0 bridgehead atoms. The molecule has 0 aliphatic carbocycles. The molecule has 1 aliphatic heterocycles. The maximum Gasteiger partial charge on any atom is 0.225 e. The van der Waals surface area contributed by atoms with Gasteiger partial charge in [-0.25, -0.2) is 0 Å². The highest BCUT2D eigenvalue weighted by atomic mass is 35.5. The van der Waals surface area contributed by atoms with Crippen molar-refractivity contribution in [3.63, 3.8) is 0 Å². The summed E-state index contributed by atoms with van der Waals surface area (Å²) in [6.07, 6.45) is 1.87. The Bertz CT molecular complexity index is 467. The van der Waals surface area contributed by atoms with E-state index in [2.05, 4.69) is 17.9 Å². The molecule has 0 aromatic heterocycles. The van der Waals surface area contributed by atoms with Crippen LogP contribution in [0.3, 0.4) is 0 Å². The van der Waals surface area contributed by atoms with Gasteiger partial charge in [0.2, 0.25) is 5.91 Å². The van der Waals surface area contributed by atoms with Crippen LogP contribution in [0.5, 0.6) is 0 Å². The second kappa shape index (κ2) is 6.59. The van der Waals surface area contributed by atoms with Crippen LogP contribution in [-0.4, -0.2) is 42.9 Å². The molecule has 1 atom stereocenters. The van der Waals surface area contributed by atoms with Crippen molar-refractivity contribution in [2.45, 2.75) is 25.8 Å². The van der Waals surface area contributed by atoms with Crippen LogP contribution in [0.2, 0.25) is 5.02 Å². The standard InChI is InChI=1S/C16H23ClN2O/c1-12(14-6-4-5-7-15(14)17)19-10-8-13(9-11-19)16(20)18(2)3/h4-7,12-13H,8-11H2,1-3H3. The lowest BCUT2D eigenvalue weighted by Gasteiger charge is -2.36. The van der Waals surface area contributed by atoms with E-state index in [1.807, 2.05) is 32.3 Å². The fraction of sp³-hybridized carbons (Fsp3) is 0.562. The van der Waals surface area contributed by atoms with Gasteiger partial charge < -0.3 is 4.90 Å². The maximum absolute atomic E-state index is 12.0. The third-order valence-electron chi connectivity index (χ3n) is 4.22. The largest absolute Gasteiger partial charge is 0.349 e. The van der Waals surface area contributed by atoms with E-state index in [1.54, 1.807) is 4.90 Å². The van der Waals surface area contributed by atoms with Crippen molar-refractivity contribution in [2.75, 3.05) is 27.2 Å².